The third-order valence-corrected chi connectivity index (χ3v) is 15.6. The summed E-state index contributed by atoms with van der Waals surface area (Å²) in [5.74, 6) is -0.351. The van der Waals surface area contributed by atoms with Crippen molar-refractivity contribution in [1.29, 1.82) is 0 Å². The van der Waals surface area contributed by atoms with E-state index in [0.29, 0.717) is 29.9 Å². The summed E-state index contributed by atoms with van der Waals surface area (Å²) in [7, 11) is -2.17. The van der Waals surface area contributed by atoms with Gasteiger partial charge in [0.25, 0.3) is 5.88 Å². The lowest BCUT2D eigenvalue weighted by molar-refractivity contribution is -0.141. The summed E-state index contributed by atoms with van der Waals surface area (Å²) in [5.41, 5.74) is 4.93. The molecule has 0 spiro atoms. The Morgan fingerprint density at radius 2 is 1.85 bits per heavy atom. The van der Waals surface area contributed by atoms with Crippen LogP contribution in [0.5, 0.6) is 5.88 Å². The molecule has 1 fully saturated rings. The van der Waals surface area contributed by atoms with Crippen LogP contribution in [0.1, 0.15) is 83.9 Å². The number of hydrogen-bond acceptors (Lipinski definition) is 8. The summed E-state index contributed by atoms with van der Waals surface area (Å²) in [6.45, 7) is 21.2. The first-order valence-electron chi connectivity index (χ1n) is 16.0. The summed E-state index contributed by atoms with van der Waals surface area (Å²) < 4.78 is 18.2. The Bertz CT molecular complexity index is 1480. The van der Waals surface area contributed by atoms with E-state index in [1.54, 1.807) is 22.3 Å². The van der Waals surface area contributed by atoms with Gasteiger partial charge in [0.1, 0.15) is 18.1 Å². The summed E-state index contributed by atoms with van der Waals surface area (Å²) in [6, 6.07) is 8.95. The zero-order valence-electron chi connectivity index (χ0n) is 28.7. The van der Waals surface area contributed by atoms with Gasteiger partial charge in [0.2, 0.25) is 11.8 Å². The predicted molar refractivity (Wildman–Crippen MR) is 189 cm³/mol. The second kappa shape index (κ2) is 14.7. The van der Waals surface area contributed by atoms with E-state index < -0.39 is 20.3 Å². The Labute approximate surface area is 287 Å². The van der Waals surface area contributed by atoms with Gasteiger partial charge in [0.15, 0.2) is 14.1 Å². The SMILES string of the molecule is Cc1ncsc1-c1ccc([C@H](C)NC(=O)[C@@H]2CC(O[Si](C)(C)C(C)(C)C)CN2C(=O)[C@@H](c2cc(OC(C)CBr)no2)C(C)C)cc1. The van der Waals surface area contributed by atoms with Crippen molar-refractivity contribution >= 4 is 47.4 Å². The van der Waals surface area contributed by atoms with Crippen molar-refractivity contribution in [1.82, 2.24) is 20.4 Å². The maximum atomic E-state index is 14.4. The van der Waals surface area contributed by atoms with E-state index in [0.717, 1.165) is 21.7 Å². The Morgan fingerprint density at radius 3 is 2.41 bits per heavy atom. The Balaban J connectivity index is 1.57. The van der Waals surface area contributed by atoms with Crippen LogP contribution < -0.4 is 10.1 Å². The Morgan fingerprint density at radius 1 is 1.17 bits per heavy atom. The fourth-order valence-corrected chi connectivity index (χ4v) is 7.79. The number of thiazole rings is 1. The molecule has 0 aliphatic carbocycles. The third kappa shape index (κ3) is 8.29. The number of likely N-dealkylation sites (tertiary alicyclic amines) is 1. The molecule has 1 N–H and O–H groups in total. The number of hydrogen-bond donors (Lipinski definition) is 1. The molecule has 2 aromatic heterocycles. The predicted octanol–water partition coefficient (Wildman–Crippen LogP) is 7.88. The van der Waals surface area contributed by atoms with Gasteiger partial charge >= 0.3 is 0 Å². The van der Waals surface area contributed by atoms with Gasteiger partial charge in [0, 0.05) is 24.4 Å². The minimum atomic E-state index is -2.17. The number of ether oxygens (including phenoxy) is 1. The normalized spacial score (nSPS) is 19.3. The number of nitrogens with zero attached hydrogens (tertiary/aromatic N) is 3. The van der Waals surface area contributed by atoms with Gasteiger partial charge in [0.05, 0.1) is 28.2 Å². The highest BCUT2D eigenvalue weighted by atomic mass is 79.9. The summed E-state index contributed by atoms with van der Waals surface area (Å²) in [4.78, 5) is 35.6. The van der Waals surface area contributed by atoms with Gasteiger partial charge in [-0.1, -0.05) is 74.8 Å². The van der Waals surface area contributed by atoms with E-state index in [-0.39, 0.29) is 41.0 Å². The molecule has 9 nitrogen and oxygen atoms in total. The van der Waals surface area contributed by atoms with Crippen LogP contribution in [0, 0.1) is 12.8 Å². The van der Waals surface area contributed by atoms with E-state index in [1.807, 2.05) is 52.3 Å². The average molecular weight is 734 g/mol. The average Bonchev–Trinajstić information content (AvgIpc) is 3.72. The van der Waals surface area contributed by atoms with Gasteiger partial charge in [-0.15, -0.1) is 11.3 Å². The van der Waals surface area contributed by atoms with Crippen molar-refractivity contribution in [2.75, 3.05) is 11.9 Å². The van der Waals surface area contributed by atoms with Crippen LogP contribution in [0.4, 0.5) is 0 Å². The minimum Gasteiger partial charge on any atom is -0.472 e. The molecule has 3 heterocycles. The van der Waals surface area contributed by atoms with Crippen molar-refractivity contribution in [3.8, 4) is 16.3 Å². The number of alkyl halides is 1. The van der Waals surface area contributed by atoms with Gasteiger partial charge in [-0.25, -0.2) is 4.98 Å². The van der Waals surface area contributed by atoms with Gasteiger partial charge in [-0.05, 0) is 61.1 Å². The zero-order valence-corrected chi connectivity index (χ0v) is 32.1. The standard InChI is InChI=1S/C34H49BrN4O5SSi/c1-20(2)30(28-16-29(38-43-28)42-21(3)17-35)33(41)39-18-26(44-46(9,10)34(6,7)8)15-27(39)32(40)37-22(4)24-11-13-25(14-12-24)31-23(5)36-19-45-31/h11-14,16,19-22,26-27,30H,15,17-18H2,1-10H3,(H,37,40)/t21?,22-,26?,27-,30+/m0/s1. The maximum absolute atomic E-state index is 14.4. The van der Waals surface area contributed by atoms with Gasteiger partial charge < -0.3 is 23.9 Å². The van der Waals surface area contributed by atoms with E-state index in [9.17, 15) is 9.59 Å². The van der Waals surface area contributed by atoms with Crippen LogP contribution in [0.2, 0.25) is 18.1 Å². The molecule has 4 rings (SSSR count). The highest BCUT2D eigenvalue weighted by molar-refractivity contribution is 9.09. The van der Waals surface area contributed by atoms with Crippen LogP contribution in [0.3, 0.4) is 0 Å². The molecule has 1 aliphatic rings. The molecule has 0 saturated carbocycles. The first-order chi connectivity index (χ1) is 21.5. The fraction of sp³-hybridized carbons (Fsp3) is 0.588. The lowest BCUT2D eigenvalue weighted by atomic mass is 9.91. The number of nitrogens with one attached hydrogen (secondary N) is 1. The Kier molecular flexibility index (Phi) is 11.6. The number of carbonyl (C=O) groups excluding carboxylic acids is 2. The van der Waals surface area contributed by atoms with Crippen molar-refractivity contribution in [2.45, 2.75) is 110 Å². The van der Waals surface area contributed by atoms with Crippen LogP contribution in [-0.2, 0) is 14.0 Å². The molecule has 1 aliphatic heterocycles. The number of benzene rings is 1. The number of aromatic nitrogens is 2. The molecule has 12 heteroatoms. The molecule has 1 saturated heterocycles. The van der Waals surface area contributed by atoms with Crippen LogP contribution in [0.15, 0.2) is 40.4 Å². The summed E-state index contributed by atoms with van der Waals surface area (Å²) in [5, 5.41) is 7.89. The van der Waals surface area contributed by atoms with Crippen LogP contribution >= 0.6 is 27.3 Å². The lowest BCUT2D eigenvalue weighted by Gasteiger charge is -2.38. The summed E-state index contributed by atoms with van der Waals surface area (Å²) >= 11 is 5.02. The highest BCUT2D eigenvalue weighted by Crippen LogP contribution is 2.40. The fourth-order valence-electron chi connectivity index (χ4n) is 5.49. The van der Waals surface area contributed by atoms with Gasteiger partial charge in [-0.2, -0.15) is 0 Å². The third-order valence-electron chi connectivity index (χ3n) is 9.18. The molecule has 1 aromatic carbocycles. The molecule has 2 unspecified atom stereocenters. The van der Waals surface area contributed by atoms with Crippen molar-refractivity contribution in [3.63, 3.8) is 0 Å². The van der Waals surface area contributed by atoms with Crippen LogP contribution in [-0.4, -0.2) is 65.3 Å². The first kappa shape index (κ1) is 36.3. The molecule has 46 heavy (non-hydrogen) atoms. The second-order valence-electron chi connectivity index (χ2n) is 14.2. The van der Waals surface area contributed by atoms with E-state index in [2.05, 4.69) is 77.4 Å². The largest absolute Gasteiger partial charge is 0.472 e. The molecule has 2 amide bonds. The van der Waals surface area contributed by atoms with Crippen molar-refractivity contribution in [2.24, 2.45) is 5.92 Å². The quantitative estimate of drug-likeness (QED) is 0.149. The van der Waals surface area contributed by atoms with Crippen molar-refractivity contribution in [3.05, 3.63) is 52.9 Å². The molecule has 252 valence electrons. The van der Waals surface area contributed by atoms with E-state index in [1.165, 1.54) is 0 Å². The molecule has 5 atom stereocenters. The van der Waals surface area contributed by atoms with Crippen LogP contribution in [0.25, 0.3) is 10.4 Å². The second-order valence-corrected chi connectivity index (χ2v) is 20.5. The lowest BCUT2D eigenvalue weighted by Crippen LogP contribution is -2.48. The number of rotatable bonds is 12. The molecule has 0 radical (unpaired) electrons. The first-order valence-corrected chi connectivity index (χ1v) is 20.9. The number of halogens is 1. The highest BCUT2D eigenvalue weighted by Gasteiger charge is 2.47. The molecule has 3 aromatic rings. The van der Waals surface area contributed by atoms with Crippen molar-refractivity contribution < 1.29 is 23.3 Å². The zero-order chi connectivity index (χ0) is 34.0. The summed E-state index contributed by atoms with van der Waals surface area (Å²) in [6.07, 6.45) is 0.0683. The number of aryl methyl sites for hydroxylation is 1. The monoisotopic (exact) mass is 732 g/mol. The minimum absolute atomic E-state index is 0.0104. The Hall–Kier alpha value is -2.54. The maximum Gasteiger partial charge on any atom is 0.254 e. The topological polar surface area (TPSA) is 107 Å². The molecular weight excluding hydrogens is 684 g/mol. The van der Waals surface area contributed by atoms with E-state index >= 15 is 0 Å². The van der Waals surface area contributed by atoms with E-state index in [4.69, 9.17) is 13.7 Å². The number of amides is 2. The number of carbonyl (C=O) groups is 2. The van der Waals surface area contributed by atoms with Gasteiger partial charge in [-0.3, -0.25) is 9.59 Å². The smallest absolute Gasteiger partial charge is 0.254 e. The molecule has 0 bridgehead atoms. The molecular formula is C34H49BrN4O5SSi.